The van der Waals surface area contributed by atoms with Crippen LogP contribution in [0.1, 0.15) is 45.4 Å². The number of nitrogens with one attached hydrogen (secondary N) is 1. The summed E-state index contributed by atoms with van der Waals surface area (Å²) in [6, 6.07) is 25.1. The second-order valence-corrected chi connectivity index (χ2v) is 12.2. The molecule has 0 bridgehead atoms. The van der Waals surface area contributed by atoms with E-state index in [0.29, 0.717) is 38.7 Å². The molecule has 202 valence electrons. The minimum absolute atomic E-state index is 0.0224. The number of ketones is 1. The van der Waals surface area contributed by atoms with Gasteiger partial charge < -0.3 is 5.32 Å². The third kappa shape index (κ3) is 4.76. The molecule has 4 aromatic carbocycles. The van der Waals surface area contributed by atoms with Crippen molar-refractivity contribution in [3.63, 3.8) is 0 Å². The van der Waals surface area contributed by atoms with E-state index in [-0.39, 0.29) is 34.4 Å². The van der Waals surface area contributed by atoms with Crippen molar-refractivity contribution >= 4 is 52.1 Å². The highest BCUT2D eigenvalue weighted by molar-refractivity contribution is 8.00. The fourth-order valence-corrected chi connectivity index (χ4v) is 8.19. The van der Waals surface area contributed by atoms with E-state index in [0.717, 1.165) is 5.56 Å². The largest absolute Gasteiger partial charge is 0.377 e. The lowest BCUT2D eigenvalue weighted by Crippen LogP contribution is -2.33. The average molecular weight is 594 g/mol. The number of hydrogen-bond acceptors (Lipinski definition) is 5. The van der Waals surface area contributed by atoms with Crippen molar-refractivity contribution in [2.75, 3.05) is 5.32 Å². The maximum Gasteiger partial charge on any atom is 0.282 e. The van der Waals surface area contributed by atoms with Gasteiger partial charge in [0.2, 0.25) is 0 Å². The Bertz CT molecular complexity index is 1620. The summed E-state index contributed by atoms with van der Waals surface area (Å²) in [6.45, 7) is 0. The molecule has 5 nitrogen and oxygen atoms in total. The molecule has 9 heteroatoms. The fourth-order valence-electron chi connectivity index (χ4n) is 6.02. The van der Waals surface area contributed by atoms with Crippen molar-refractivity contribution in [2.24, 2.45) is 5.92 Å². The number of anilines is 1. The number of benzene rings is 4. The zero-order valence-corrected chi connectivity index (χ0v) is 23.3. The number of alkyl halides is 1. The molecule has 6 rings (SSSR count). The molecule has 0 saturated heterocycles. The van der Waals surface area contributed by atoms with E-state index < -0.39 is 16.3 Å². The molecule has 0 amide bonds. The number of fused-ring (bicyclic) bond motifs is 3. The Morgan fingerprint density at radius 1 is 0.975 bits per heavy atom. The van der Waals surface area contributed by atoms with Gasteiger partial charge in [0.15, 0.2) is 5.78 Å². The van der Waals surface area contributed by atoms with E-state index >= 15 is 4.39 Å². The zero-order valence-electron chi connectivity index (χ0n) is 21.0. The maximum absolute atomic E-state index is 15.2. The monoisotopic (exact) mass is 592 g/mol. The molecule has 1 aliphatic carbocycles. The number of nitrogens with zero attached hydrogens (tertiary/aromatic N) is 1. The van der Waals surface area contributed by atoms with Crippen LogP contribution in [-0.2, 0) is 0 Å². The van der Waals surface area contributed by atoms with E-state index in [1.54, 1.807) is 66.7 Å². The maximum atomic E-state index is 15.2. The molecule has 1 saturated carbocycles. The number of nitro groups is 1. The first-order chi connectivity index (χ1) is 19.3. The van der Waals surface area contributed by atoms with Crippen LogP contribution in [0.5, 0.6) is 0 Å². The lowest BCUT2D eigenvalue weighted by atomic mass is 9.76. The molecule has 0 aromatic heterocycles. The van der Waals surface area contributed by atoms with Gasteiger partial charge in [-0.1, -0.05) is 72.3 Å². The SMILES string of the molecule is O=C(c1ccccc1)c1cc(Cl)cc2c1N[C@H](c1ccccc1F)[C@H]1C[C@@H](Sc3ccccc3[N+](=O)[O-])[C@@H](Cl)[C@H]21. The van der Waals surface area contributed by atoms with Gasteiger partial charge in [-0.25, -0.2) is 4.39 Å². The molecule has 4 aromatic rings. The molecule has 1 heterocycles. The van der Waals surface area contributed by atoms with Crippen LogP contribution >= 0.6 is 35.0 Å². The van der Waals surface area contributed by atoms with Gasteiger partial charge in [-0.05, 0) is 42.2 Å². The molecule has 2 aliphatic rings. The lowest BCUT2D eigenvalue weighted by Gasteiger charge is -2.39. The highest BCUT2D eigenvalue weighted by Gasteiger charge is 2.51. The molecule has 0 radical (unpaired) electrons. The highest BCUT2D eigenvalue weighted by atomic mass is 35.5. The summed E-state index contributed by atoms with van der Waals surface area (Å²) in [5.74, 6) is -0.977. The second-order valence-electron chi connectivity index (χ2n) is 10.0. The first-order valence-corrected chi connectivity index (χ1v) is 14.5. The molecular weight excluding hydrogens is 570 g/mol. The van der Waals surface area contributed by atoms with E-state index in [9.17, 15) is 14.9 Å². The molecule has 0 unspecified atom stereocenters. The Morgan fingerprint density at radius 2 is 1.68 bits per heavy atom. The normalized spacial score (nSPS) is 23.1. The van der Waals surface area contributed by atoms with Crippen LogP contribution in [0, 0.1) is 21.8 Å². The molecule has 5 atom stereocenters. The van der Waals surface area contributed by atoms with Gasteiger partial charge in [-0.3, -0.25) is 14.9 Å². The Morgan fingerprint density at radius 3 is 2.42 bits per heavy atom. The topological polar surface area (TPSA) is 72.2 Å². The van der Waals surface area contributed by atoms with Gasteiger partial charge in [0.1, 0.15) is 5.82 Å². The van der Waals surface area contributed by atoms with Crippen LogP contribution in [-0.4, -0.2) is 21.3 Å². The number of thioether (sulfide) groups is 1. The van der Waals surface area contributed by atoms with Gasteiger partial charge in [0, 0.05) is 44.6 Å². The Balaban J connectivity index is 1.47. The number of para-hydroxylation sites is 1. The fraction of sp³-hybridized carbons (Fsp3) is 0.194. The van der Waals surface area contributed by atoms with E-state index in [1.807, 2.05) is 12.1 Å². The summed E-state index contributed by atoms with van der Waals surface area (Å²) in [6.07, 6.45) is 0.579. The van der Waals surface area contributed by atoms with Crippen molar-refractivity contribution in [3.05, 3.63) is 134 Å². The molecule has 0 spiro atoms. The number of carbonyl (C=O) groups is 1. The van der Waals surface area contributed by atoms with Crippen LogP contribution in [0.4, 0.5) is 15.8 Å². The summed E-state index contributed by atoms with van der Waals surface area (Å²) in [4.78, 5) is 25.5. The Labute approximate surface area is 244 Å². The quantitative estimate of drug-likeness (QED) is 0.105. The number of hydrogen-bond donors (Lipinski definition) is 1. The predicted molar refractivity (Wildman–Crippen MR) is 157 cm³/mol. The first kappa shape index (κ1) is 26.8. The number of carbonyl (C=O) groups excluding carboxylic acids is 1. The number of halogens is 3. The van der Waals surface area contributed by atoms with Gasteiger partial charge >= 0.3 is 0 Å². The third-order valence-electron chi connectivity index (χ3n) is 7.75. The van der Waals surface area contributed by atoms with Crippen molar-refractivity contribution in [1.82, 2.24) is 0 Å². The number of nitro benzene ring substituents is 1. The van der Waals surface area contributed by atoms with E-state index in [4.69, 9.17) is 23.2 Å². The Hall–Kier alpha value is -3.39. The van der Waals surface area contributed by atoms with Crippen LogP contribution < -0.4 is 5.32 Å². The lowest BCUT2D eigenvalue weighted by molar-refractivity contribution is -0.387. The predicted octanol–water partition coefficient (Wildman–Crippen LogP) is 8.66. The van der Waals surface area contributed by atoms with Crippen LogP contribution in [0.2, 0.25) is 5.02 Å². The highest BCUT2D eigenvalue weighted by Crippen LogP contribution is 2.59. The van der Waals surface area contributed by atoms with Crippen molar-refractivity contribution in [2.45, 2.75) is 33.9 Å². The number of rotatable bonds is 6. The summed E-state index contributed by atoms with van der Waals surface area (Å²) in [5.41, 5.74) is 2.81. The Kier molecular flexibility index (Phi) is 7.29. The summed E-state index contributed by atoms with van der Waals surface area (Å²) in [5, 5.41) is 14.9. The van der Waals surface area contributed by atoms with Gasteiger partial charge in [0.25, 0.3) is 5.69 Å². The minimum Gasteiger partial charge on any atom is -0.377 e. The molecule has 1 aliphatic heterocycles. The summed E-state index contributed by atoms with van der Waals surface area (Å²) < 4.78 is 15.2. The summed E-state index contributed by atoms with van der Waals surface area (Å²) in [7, 11) is 0. The van der Waals surface area contributed by atoms with Crippen molar-refractivity contribution in [3.8, 4) is 0 Å². The van der Waals surface area contributed by atoms with Crippen LogP contribution in [0.25, 0.3) is 0 Å². The molecule has 1 N–H and O–H groups in total. The van der Waals surface area contributed by atoms with Gasteiger partial charge in [-0.15, -0.1) is 23.4 Å². The van der Waals surface area contributed by atoms with E-state index in [2.05, 4.69) is 5.32 Å². The third-order valence-corrected chi connectivity index (χ3v) is 10.1. The van der Waals surface area contributed by atoms with Crippen LogP contribution in [0.3, 0.4) is 0 Å². The van der Waals surface area contributed by atoms with Gasteiger partial charge in [0.05, 0.1) is 21.2 Å². The first-order valence-electron chi connectivity index (χ1n) is 12.8. The van der Waals surface area contributed by atoms with E-state index in [1.165, 1.54) is 23.9 Å². The smallest absolute Gasteiger partial charge is 0.282 e. The molecular formula is C31H23Cl2FN2O3S. The second kappa shape index (κ2) is 10.9. The zero-order chi connectivity index (χ0) is 28.0. The molecule has 40 heavy (non-hydrogen) atoms. The molecule has 1 fully saturated rings. The standard InChI is InChI=1S/C31H23Cl2FN2O3S/c32-18-14-20-27-21(16-26(28(27)33)40-25-13-7-6-12-24(25)36(38)39)29(19-10-4-5-11-23(19)34)35-30(20)22(15-18)31(37)17-8-2-1-3-9-17/h1-15,21,26-29,35H,16H2/t21-,26+,27+,28+,29+/m0/s1. The van der Waals surface area contributed by atoms with Gasteiger partial charge in [-0.2, -0.15) is 0 Å². The van der Waals surface area contributed by atoms with Crippen molar-refractivity contribution in [1.29, 1.82) is 0 Å². The van der Waals surface area contributed by atoms with Crippen molar-refractivity contribution < 1.29 is 14.1 Å². The van der Waals surface area contributed by atoms with Crippen LogP contribution in [0.15, 0.2) is 95.9 Å². The average Bonchev–Trinajstić information content (AvgIpc) is 3.29. The summed E-state index contributed by atoms with van der Waals surface area (Å²) >= 11 is 15.2. The minimum atomic E-state index is -0.472.